The molecule has 0 radical (unpaired) electrons. The first-order chi connectivity index (χ1) is 13.0. The molecule has 0 saturated carbocycles. The molecule has 1 aromatic carbocycles. The normalized spacial score (nSPS) is 19.7. The number of allylic oxidation sites excluding steroid dienone is 3. The third-order valence-electron chi connectivity index (χ3n) is 5.02. The van der Waals surface area contributed by atoms with Crippen LogP contribution in [0.3, 0.4) is 0 Å². The Bertz CT molecular complexity index is 842. The Labute approximate surface area is 169 Å². The first-order valence-electron chi connectivity index (χ1n) is 9.30. The Morgan fingerprint density at radius 3 is 2.81 bits per heavy atom. The lowest BCUT2D eigenvalue weighted by atomic mass is 9.75. The van der Waals surface area contributed by atoms with E-state index in [0.717, 1.165) is 31.4 Å². The van der Waals surface area contributed by atoms with Crippen molar-refractivity contribution in [2.24, 2.45) is 0 Å². The van der Waals surface area contributed by atoms with Crippen molar-refractivity contribution >= 4 is 35.0 Å². The average molecular weight is 408 g/mol. The van der Waals surface area contributed by atoms with Gasteiger partial charge in [0.2, 0.25) is 0 Å². The summed E-state index contributed by atoms with van der Waals surface area (Å²) in [6.07, 6.45) is 3.75. The quantitative estimate of drug-likeness (QED) is 0.530. The first kappa shape index (κ1) is 20.0. The smallest absolute Gasteiger partial charge is 0.336 e. The zero-order valence-corrected chi connectivity index (χ0v) is 17.0. The van der Waals surface area contributed by atoms with Crippen molar-refractivity contribution in [2.75, 3.05) is 6.61 Å². The number of unbranched alkanes of at least 4 members (excludes halogenated alkanes) is 1. The van der Waals surface area contributed by atoms with E-state index < -0.39 is 11.9 Å². The van der Waals surface area contributed by atoms with Crippen LogP contribution in [0.5, 0.6) is 0 Å². The fraction of sp³-hybridized carbons (Fsp3) is 0.429. The fourth-order valence-corrected chi connectivity index (χ4v) is 4.11. The lowest BCUT2D eigenvalue weighted by molar-refractivity contribution is -0.139. The third-order valence-corrected chi connectivity index (χ3v) is 5.85. The summed E-state index contributed by atoms with van der Waals surface area (Å²) in [6, 6.07) is 5.31. The predicted octanol–water partition coefficient (Wildman–Crippen LogP) is 5.30. The van der Waals surface area contributed by atoms with Crippen molar-refractivity contribution in [3.8, 4) is 0 Å². The van der Waals surface area contributed by atoms with E-state index in [-0.39, 0.29) is 5.78 Å². The van der Waals surface area contributed by atoms with E-state index in [1.54, 1.807) is 12.1 Å². The van der Waals surface area contributed by atoms with Crippen LogP contribution in [-0.4, -0.2) is 18.4 Å². The minimum Gasteiger partial charge on any atom is -0.462 e. The monoisotopic (exact) mass is 407 g/mol. The number of ketones is 1. The fourth-order valence-electron chi connectivity index (χ4n) is 3.70. The highest BCUT2D eigenvalue weighted by Crippen LogP contribution is 2.45. The highest BCUT2D eigenvalue weighted by atomic mass is 35.5. The highest BCUT2D eigenvalue weighted by molar-refractivity contribution is 6.42. The minimum atomic E-state index is -0.561. The third kappa shape index (κ3) is 3.92. The molecule has 1 atom stereocenters. The van der Waals surface area contributed by atoms with Gasteiger partial charge in [-0.2, -0.15) is 0 Å². The maximum atomic E-state index is 12.9. The molecule has 1 heterocycles. The lowest BCUT2D eigenvalue weighted by Gasteiger charge is -2.34. The zero-order valence-electron chi connectivity index (χ0n) is 15.5. The molecule has 1 N–H and O–H groups in total. The number of dihydropyridines is 1. The van der Waals surface area contributed by atoms with Gasteiger partial charge in [0, 0.05) is 29.3 Å². The van der Waals surface area contributed by atoms with E-state index in [0.29, 0.717) is 45.5 Å². The number of hydrogen-bond acceptors (Lipinski definition) is 4. The maximum absolute atomic E-state index is 12.9. The molecule has 0 saturated heterocycles. The van der Waals surface area contributed by atoms with Gasteiger partial charge in [-0.15, -0.1) is 0 Å². The molecular formula is C21H23Cl2NO3. The summed E-state index contributed by atoms with van der Waals surface area (Å²) in [4.78, 5) is 25.7. The molecule has 0 unspecified atom stereocenters. The highest BCUT2D eigenvalue weighted by Gasteiger charge is 2.40. The van der Waals surface area contributed by atoms with Crippen molar-refractivity contribution in [1.29, 1.82) is 0 Å². The van der Waals surface area contributed by atoms with Crippen LogP contribution in [0.25, 0.3) is 0 Å². The molecule has 1 aromatic rings. The van der Waals surface area contributed by atoms with E-state index >= 15 is 0 Å². The molecule has 3 rings (SSSR count). The number of esters is 1. The molecule has 27 heavy (non-hydrogen) atoms. The predicted molar refractivity (Wildman–Crippen MR) is 107 cm³/mol. The first-order valence-corrected chi connectivity index (χ1v) is 10.1. The molecule has 1 aliphatic heterocycles. The minimum absolute atomic E-state index is 0.0381. The summed E-state index contributed by atoms with van der Waals surface area (Å²) < 4.78 is 5.48. The van der Waals surface area contributed by atoms with Crippen LogP contribution in [0.4, 0.5) is 0 Å². The second-order valence-electron chi connectivity index (χ2n) is 6.90. The molecule has 0 amide bonds. The number of Topliss-reactive ketones (excluding diaryl/α,β-unsaturated/α-hetero) is 1. The van der Waals surface area contributed by atoms with Crippen LogP contribution < -0.4 is 5.32 Å². The molecule has 144 valence electrons. The molecule has 0 bridgehead atoms. The molecule has 6 heteroatoms. The van der Waals surface area contributed by atoms with Gasteiger partial charge in [-0.25, -0.2) is 4.79 Å². The van der Waals surface area contributed by atoms with E-state index in [2.05, 4.69) is 5.32 Å². The summed E-state index contributed by atoms with van der Waals surface area (Å²) in [5, 5.41) is 4.03. The van der Waals surface area contributed by atoms with E-state index in [9.17, 15) is 9.59 Å². The zero-order chi connectivity index (χ0) is 19.6. The summed E-state index contributed by atoms with van der Waals surface area (Å²) in [5.41, 5.74) is 3.28. The van der Waals surface area contributed by atoms with E-state index in [4.69, 9.17) is 27.9 Å². The number of nitrogens with one attached hydrogen (secondary N) is 1. The van der Waals surface area contributed by atoms with Gasteiger partial charge in [0.1, 0.15) is 0 Å². The number of carbonyl (C=O) groups excluding carboxylic acids is 2. The summed E-state index contributed by atoms with van der Waals surface area (Å²) >= 11 is 12.7. The lowest BCUT2D eigenvalue weighted by Crippen LogP contribution is -2.34. The van der Waals surface area contributed by atoms with Gasteiger partial charge in [0.25, 0.3) is 0 Å². The van der Waals surface area contributed by atoms with Crippen molar-refractivity contribution in [2.45, 2.75) is 51.9 Å². The molecule has 1 aliphatic carbocycles. The van der Waals surface area contributed by atoms with Crippen molar-refractivity contribution < 1.29 is 14.3 Å². The average Bonchev–Trinajstić information content (AvgIpc) is 2.63. The van der Waals surface area contributed by atoms with E-state index in [1.807, 2.05) is 19.9 Å². The van der Waals surface area contributed by atoms with Crippen LogP contribution in [0.15, 0.2) is 40.7 Å². The van der Waals surface area contributed by atoms with Gasteiger partial charge in [0.15, 0.2) is 5.78 Å². The van der Waals surface area contributed by atoms with Gasteiger partial charge in [0.05, 0.1) is 22.2 Å². The molecular weight excluding hydrogens is 385 g/mol. The van der Waals surface area contributed by atoms with Crippen LogP contribution in [-0.2, 0) is 14.3 Å². The van der Waals surface area contributed by atoms with Crippen molar-refractivity contribution in [3.63, 3.8) is 0 Å². The molecule has 4 nitrogen and oxygen atoms in total. The van der Waals surface area contributed by atoms with Crippen molar-refractivity contribution in [3.05, 3.63) is 56.3 Å². The van der Waals surface area contributed by atoms with Crippen LogP contribution >= 0.6 is 23.2 Å². The molecule has 0 fully saturated rings. The molecule has 0 spiro atoms. The van der Waals surface area contributed by atoms with Gasteiger partial charge >= 0.3 is 5.97 Å². The largest absolute Gasteiger partial charge is 0.462 e. The van der Waals surface area contributed by atoms with Crippen molar-refractivity contribution in [1.82, 2.24) is 5.32 Å². The van der Waals surface area contributed by atoms with Gasteiger partial charge in [-0.3, -0.25) is 4.79 Å². The number of benzene rings is 1. The SMILES string of the molecule is CCCCOC(=O)C1=C(C)NC2=C(C(=O)CCC2)[C@H]1c1cccc(Cl)c1Cl. The van der Waals surface area contributed by atoms with Gasteiger partial charge in [-0.05, 0) is 37.8 Å². The number of halogens is 2. The van der Waals surface area contributed by atoms with Crippen LogP contribution in [0.2, 0.25) is 10.0 Å². The Balaban J connectivity index is 2.11. The Kier molecular flexibility index (Phi) is 6.28. The van der Waals surface area contributed by atoms with E-state index in [1.165, 1.54) is 0 Å². The second-order valence-corrected chi connectivity index (χ2v) is 7.68. The summed E-state index contributed by atoms with van der Waals surface area (Å²) in [6.45, 7) is 4.22. The van der Waals surface area contributed by atoms with Crippen LogP contribution in [0.1, 0.15) is 57.4 Å². The Hall–Kier alpha value is -1.78. The van der Waals surface area contributed by atoms with Gasteiger partial charge in [-0.1, -0.05) is 48.7 Å². The van der Waals surface area contributed by atoms with Crippen LogP contribution in [0, 0.1) is 0 Å². The molecule has 0 aromatic heterocycles. The maximum Gasteiger partial charge on any atom is 0.336 e. The summed E-state index contributed by atoms with van der Waals surface area (Å²) in [7, 11) is 0. The topological polar surface area (TPSA) is 55.4 Å². The number of ether oxygens (including phenoxy) is 1. The number of carbonyl (C=O) groups is 2. The Morgan fingerprint density at radius 2 is 2.07 bits per heavy atom. The summed E-state index contributed by atoms with van der Waals surface area (Å²) in [5.74, 6) is -0.940. The molecule has 2 aliphatic rings. The second kappa shape index (κ2) is 8.49. The number of hydrogen-bond donors (Lipinski definition) is 1. The van der Waals surface area contributed by atoms with Gasteiger partial charge < -0.3 is 10.1 Å². The number of rotatable bonds is 5. The standard InChI is InChI=1S/C21H23Cl2NO3/c1-3-4-11-27-21(26)17-12(2)24-15-9-6-10-16(25)19(15)18(17)13-7-5-8-14(22)20(13)23/h5,7-8,18,24H,3-4,6,9-11H2,1-2H3/t18-/m0/s1. The Morgan fingerprint density at radius 1 is 1.30 bits per heavy atom.